The zero-order valence-corrected chi connectivity index (χ0v) is 13.7. The van der Waals surface area contributed by atoms with Gasteiger partial charge in [-0.15, -0.1) is 24.8 Å². The Labute approximate surface area is 137 Å². The number of rotatable bonds is 4. The minimum absolute atomic E-state index is 0. The molecule has 2 heterocycles. The van der Waals surface area contributed by atoms with Crippen molar-refractivity contribution in [2.75, 3.05) is 38.6 Å². The predicted octanol–water partition coefficient (Wildman–Crippen LogP) is 0.301. The van der Waals surface area contributed by atoms with Crippen LogP contribution in [0, 0.1) is 5.92 Å². The highest BCUT2D eigenvalue weighted by molar-refractivity contribution is 5.94. The van der Waals surface area contributed by atoms with Gasteiger partial charge >= 0.3 is 0 Å². The van der Waals surface area contributed by atoms with E-state index >= 15 is 0 Å². The molecule has 1 aromatic heterocycles. The standard InChI is InChI=1S/C13H20N4O2.2ClH/c1-17(2)12-5-9(3-4-15-12)13(19)16-7-10-6-14-8-11(10)18;;/h3-5,10-11,14,18H,6-8H2,1-2H3,(H,16,19);2*1H. The lowest BCUT2D eigenvalue weighted by Gasteiger charge is -2.15. The lowest BCUT2D eigenvalue weighted by molar-refractivity contribution is 0.0927. The number of carbonyl (C=O) groups excluding carboxylic acids is 1. The molecule has 0 bridgehead atoms. The van der Waals surface area contributed by atoms with Gasteiger partial charge in [0.1, 0.15) is 5.82 Å². The Morgan fingerprint density at radius 3 is 2.76 bits per heavy atom. The molecule has 2 unspecified atom stereocenters. The number of aliphatic hydroxyl groups is 1. The van der Waals surface area contributed by atoms with E-state index in [4.69, 9.17) is 0 Å². The number of amides is 1. The Morgan fingerprint density at radius 1 is 1.48 bits per heavy atom. The van der Waals surface area contributed by atoms with E-state index in [1.54, 1.807) is 18.3 Å². The summed E-state index contributed by atoms with van der Waals surface area (Å²) in [5, 5.41) is 15.6. The maximum atomic E-state index is 12.0. The fourth-order valence-electron chi connectivity index (χ4n) is 2.06. The Balaban J connectivity index is 0.00000200. The molecule has 6 nitrogen and oxygen atoms in total. The SMILES string of the molecule is CN(C)c1cc(C(=O)NCC2CNCC2O)ccn1.Cl.Cl. The smallest absolute Gasteiger partial charge is 0.251 e. The average molecular weight is 337 g/mol. The molecule has 1 aliphatic rings. The van der Waals surface area contributed by atoms with Crippen molar-refractivity contribution in [3.05, 3.63) is 23.9 Å². The number of β-amino-alcohol motifs (C(OH)–C–C–N with tert-alkyl or cyclic N) is 1. The molecule has 0 aromatic carbocycles. The van der Waals surface area contributed by atoms with Crippen LogP contribution in [-0.2, 0) is 0 Å². The van der Waals surface area contributed by atoms with E-state index in [1.807, 2.05) is 19.0 Å². The highest BCUT2D eigenvalue weighted by atomic mass is 35.5. The second-order valence-corrected chi connectivity index (χ2v) is 4.99. The van der Waals surface area contributed by atoms with Crippen molar-refractivity contribution in [2.45, 2.75) is 6.10 Å². The minimum Gasteiger partial charge on any atom is -0.391 e. The van der Waals surface area contributed by atoms with Crippen molar-refractivity contribution < 1.29 is 9.90 Å². The Hall–Kier alpha value is -1.08. The van der Waals surface area contributed by atoms with Crippen LogP contribution in [0.5, 0.6) is 0 Å². The maximum Gasteiger partial charge on any atom is 0.251 e. The van der Waals surface area contributed by atoms with Crippen LogP contribution in [-0.4, -0.2) is 55.8 Å². The van der Waals surface area contributed by atoms with Gasteiger partial charge in [-0.25, -0.2) is 4.98 Å². The van der Waals surface area contributed by atoms with Gasteiger partial charge in [0.25, 0.3) is 5.91 Å². The fourth-order valence-corrected chi connectivity index (χ4v) is 2.06. The molecule has 2 rings (SSSR count). The third-order valence-corrected chi connectivity index (χ3v) is 3.29. The summed E-state index contributed by atoms with van der Waals surface area (Å²) in [5.74, 6) is 0.693. The van der Waals surface area contributed by atoms with Crippen molar-refractivity contribution in [3.63, 3.8) is 0 Å². The second kappa shape index (κ2) is 9.04. The first-order chi connectivity index (χ1) is 9.08. The zero-order valence-electron chi connectivity index (χ0n) is 12.1. The Morgan fingerprint density at radius 2 is 2.19 bits per heavy atom. The highest BCUT2D eigenvalue weighted by Crippen LogP contribution is 2.11. The van der Waals surface area contributed by atoms with Gasteiger partial charge in [-0.05, 0) is 12.1 Å². The number of nitrogens with zero attached hydrogens (tertiary/aromatic N) is 2. The monoisotopic (exact) mass is 336 g/mol. The summed E-state index contributed by atoms with van der Waals surface area (Å²) in [6, 6.07) is 3.43. The Kier molecular flexibility index (Phi) is 8.58. The third-order valence-electron chi connectivity index (χ3n) is 3.29. The van der Waals surface area contributed by atoms with Gasteiger partial charge in [0.15, 0.2) is 0 Å². The van der Waals surface area contributed by atoms with Crippen LogP contribution in [0.25, 0.3) is 0 Å². The number of carbonyl (C=O) groups is 1. The van der Waals surface area contributed by atoms with E-state index in [1.165, 1.54) is 0 Å². The molecular formula is C13H22Cl2N4O2. The van der Waals surface area contributed by atoms with Gasteiger partial charge in [0.05, 0.1) is 6.10 Å². The normalized spacial score (nSPS) is 20.1. The van der Waals surface area contributed by atoms with E-state index in [0.717, 1.165) is 12.4 Å². The van der Waals surface area contributed by atoms with Crippen LogP contribution in [0.1, 0.15) is 10.4 Å². The molecule has 0 aliphatic carbocycles. The van der Waals surface area contributed by atoms with Crippen molar-refractivity contribution in [3.8, 4) is 0 Å². The zero-order chi connectivity index (χ0) is 13.8. The average Bonchev–Trinajstić information content (AvgIpc) is 2.81. The number of pyridine rings is 1. The first-order valence-electron chi connectivity index (χ1n) is 6.38. The summed E-state index contributed by atoms with van der Waals surface area (Å²) >= 11 is 0. The molecule has 120 valence electrons. The van der Waals surface area contributed by atoms with Crippen LogP contribution in [0.4, 0.5) is 5.82 Å². The van der Waals surface area contributed by atoms with E-state index in [-0.39, 0.29) is 42.7 Å². The van der Waals surface area contributed by atoms with E-state index in [2.05, 4.69) is 15.6 Å². The van der Waals surface area contributed by atoms with Gasteiger partial charge in [0, 0.05) is 51.4 Å². The van der Waals surface area contributed by atoms with E-state index in [9.17, 15) is 9.90 Å². The quantitative estimate of drug-likeness (QED) is 0.737. The molecule has 0 saturated carbocycles. The van der Waals surface area contributed by atoms with Gasteiger partial charge in [0.2, 0.25) is 0 Å². The molecule has 2 atom stereocenters. The molecular weight excluding hydrogens is 315 g/mol. The van der Waals surface area contributed by atoms with E-state index < -0.39 is 0 Å². The molecule has 0 radical (unpaired) electrons. The lowest BCUT2D eigenvalue weighted by atomic mass is 10.1. The lowest BCUT2D eigenvalue weighted by Crippen LogP contribution is -2.34. The van der Waals surface area contributed by atoms with Crippen LogP contribution < -0.4 is 15.5 Å². The van der Waals surface area contributed by atoms with Crippen LogP contribution >= 0.6 is 24.8 Å². The van der Waals surface area contributed by atoms with Gasteiger partial charge < -0.3 is 20.6 Å². The summed E-state index contributed by atoms with van der Waals surface area (Å²) < 4.78 is 0. The number of aliphatic hydroxyl groups excluding tert-OH is 1. The summed E-state index contributed by atoms with van der Waals surface area (Å²) in [6.07, 6.45) is 1.24. The number of halogens is 2. The topological polar surface area (TPSA) is 77.5 Å². The summed E-state index contributed by atoms with van der Waals surface area (Å²) in [7, 11) is 3.76. The molecule has 3 N–H and O–H groups in total. The fraction of sp³-hybridized carbons (Fsp3) is 0.538. The van der Waals surface area contributed by atoms with Crippen molar-refractivity contribution in [2.24, 2.45) is 5.92 Å². The van der Waals surface area contributed by atoms with Gasteiger partial charge in [-0.3, -0.25) is 4.79 Å². The van der Waals surface area contributed by atoms with Crippen molar-refractivity contribution >= 4 is 36.5 Å². The number of hydrogen-bond acceptors (Lipinski definition) is 5. The molecule has 8 heteroatoms. The number of aromatic nitrogens is 1. The Bertz CT molecular complexity index is 460. The number of hydrogen-bond donors (Lipinski definition) is 3. The minimum atomic E-state index is -0.380. The molecule has 1 fully saturated rings. The largest absolute Gasteiger partial charge is 0.391 e. The van der Waals surface area contributed by atoms with Crippen LogP contribution in [0.15, 0.2) is 18.3 Å². The molecule has 1 saturated heterocycles. The third kappa shape index (κ3) is 5.32. The van der Waals surface area contributed by atoms with E-state index in [0.29, 0.717) is 18.7 Å². The highest BCUT2D eigenvalue weighted by Gasteiger charge is 2.25. The molecule has 0 spiro atoms. The van der Waals surface area contributed by atoms with Gasteiger partial charge in [-0.1, -0.05) is 0 Å². The first-order valence-corrected chi connectivity index (χ1v) is 6.38. The number of anilines is 1. The summed E-state index contributed by atoms with van der Waals surface area (Å²) in [6.45, 7) is 1.81. The van der Waals surface area contributed by atoms with Crippen LogP contribution in [0.2, 0.25) is 0 Å². The predicted molar refractivity (Wildman–Crippen MR) is 87.8 cm³/mol. The second-order valence-electron chi connectivity index (χ2n) is 4.99. The summed E-state index contributed by atoms with van der Waals surface area (Å²) in [5.41, 5.74) is 0.583. The van der Waals surface area contributed by atoms with Crippen molar-refractivity contribution in [1.82, 2.24) is 15.6 Å². The molecule has 1 aliphatic heterocycles. The van der Waals surface area contributed by atoms with Crippen LogP contribution in [0.3, 0.4) is 0 Å². The first kappa shape index (κ1) is 19.9. The maximum absolute atomic E-state index is 12.0. The molecule has 1 aromatic rings. The molecule has 1 amide bonds. The number of nitrogens with one attached hydrogen (secondary N) is 2. The summed E-state index contributed by atoms with van der Waals surface area (Å²) in [4.78, 5) is 18.0. The van der Waals surface area contributed by atoms with Crippen molar-refractivity contribution in [1.29, 1.82) is 0 Å². The van der Waals surface area contributed by atoms with Gasteiger partial charge in [-0.2, -0.15) is 0 Å². The molecule has 21 heavy (non-hydrogen) atoms.